The van der Waals surface area contributed by atoms with Gasteiger partial charge in [-0.3, -0.25) is 9.67 Å². The zero-order valence-corrected chi connectivity index (χ0v) is 12.8. The number of methoxy groups -OCH3 is 1. The van der Waals surface area contributed by atoms with Crippen LogP contribution in [0.15, 0.2) is 24.5 Å². The van der Waals surface area contributed by atoms with Gasteiger partial charge in [0.15, 0.2) is 0 Å². The molecule has 114 valence electrons. The van der Waals surface area contributed by atoms with Gasteiger partial charge in [-0.1, -0.05) is 18.5 Å². The van der Waals surface area contributed by atoms with Gasteiger partial charge in [0.05, 0.1) is 48.0 Å². The van der Waals surface area contributed by atoms with Gasteiger partial charge >= 0.3 is 0 Å². The number of ether oxygens (including phenoxy) is 1. The lowest BCUT2D eigenvalue weighted by atomic mass is 10.1. The number of hydrogen-bond acceptors (Lipinski definition) is 4. The summed E-state index contributed by atoms with van der Waals surface area (Å²) in [6.07, 6.45) is 2.80. The van der Waals surface area contributed by atoms with Crippen molar-refractivity contribution in [3.8, 4) is 0 Å². The largest absolute Gasteiger partial charge is 0.383 e. The Morgan fingerprint density at radius 3 is 2.86 bits per heavy atom. The molecule has 0 aliphatic carbocycles. The molecule has 0 amide bonds. The maximum atomic E-state index is 13.1. The van der Waals surface area contributed by atoms with Gasteiger partial charge in [-0.05, 0) is 18.7 Å². The van der Waals surface area contributed by atoms with Crippen LogP contribution in [0.5, 0.6) is 0 Å². The lowest BCUT2D eigenvalue weighted by Gasteiger charge is -2.19. The van der Waals surface area contributed by atoms with Crippen LogP contribution >= 0.6 is 11.6 Å². The fraction of sp³-hybridized carbons (Fsp3) is 0.429. The summed E-state index contributed by atoms with van der Waals surface area (Å²) in [6, 6.07) is 2.78. The quantitative estimate of drug-likeness (QED) is 0.853. The van der Waals surface area contributed by atoms with Crippen molar-refractivity contribution in [2.75, 3.05) is 20.3 Å². The molecule has 2 heterocycles. The van der Waals surface area contributed by atoms with E-state index in [1.165, 1.54) is 12.3 Å². The van der Waals surface area contributed by atoms with Crippen LogP contribution in [0.4, 0.5) is 4.39 Å². The first kappa shape index (κ1) is 15.9. The van der Waals surface area contributed by atoms with E-state index in [-0.39, 0.29) is 11.9 Å². The molecule has 0 aliphatic heterocycles. The van der Waals surface area contributed by atoms with Crippen LogP contribution in [-0.4, -0.2) is 35.0 Å². The van der Waals surface area contributed by atoms with Crippen molar-refractivity contribution in [1.82, 2.24) is 20.1 Å². The molecule has 5 nitrogen and oxygen atoms in total. The van der Waals surface area contributed by atoms with E-state index in [9.17, 15) is 4.39 Å². The van der Waals surface area contributed by atoms with Crippen molar-refractivity contribution in [3.05, 3.63) is 46.8 Å². The Balaban J connectivity index is 2.37. The molecule has 0 fully saturated rings. The Morgan fingerprint density at radius 2 is 2.24 bits per heavy atom. The van der Waals surface area contributed by atoms with E-state index >= 15 is 0 Å². The van der Waals surface area contributed by atoms with Gasteiger partial charge in [0, 0.05) is 7.11 Å². The molecule has 7 heteroatoms. The number of nitrogens with one attached hydrogen (secondary N) is 1. The third-order valence-electron chi connectivity index (χ3n) is 3.07. The van der Waals surface area contributed by atoms with Crippen LogP contribution in [0.25, 0.3) is 0 Å². The van der Waals surface area contributed by atoms with Crippen LogP contribution in [0.1, 0.15) is 24.4 Å². The number of nitrogens with zero attached hydrogens (tertiary/aromatic N) is 3. The van der Waals surface area contributed by atoms with Crippen molar-refractivity contribution in [2.24, 2.45) is 0 Å². The Morgan fingerprint density at radius 1 is 1.43 bits per heavy atom. The summed E-state index contributed by atoms with van der Waals surface area (Å²) in [7, 11) is 1.63. The average Bonchev–Trinajstić information content (AvgIpc) is 2.84. The molecule has 1 atom stereocenters. The number of rotatable bonds is 7. The first-order valence-electron chi connectivity index (χ1n) is 6.72. The van der Waals surface area contributed by atoms with Gasteiger partial charge in [-0.25, -0.2) is 4.39 Å². The molecule has 2 aromatic heterocycles. The van der Waals surface area contributed by atoms with Crippen molar-refractivity contribution in [2.45, 2.75) is 19.5 Å². The molecule has 0 spiro atoms. The first-order valence-corrected chi connectivity index (χ1v) is 7.10. The summed E-state index contributed by atoms with van der Waals surface area (Å²) >= 11 is 6.27. The average molecular weight is 313 g/mol. The minimum atomic E-state index is -0.368. The van der Waals surface area contributed by atoms with E-state index < -0.39 is 0 Å². The maximum Gasteiger partial charge on any atom is 0.141 e. The van der Waals surface area contributed by atoms with Crippen LogP contribution < -0.4 is 5.32 Å². The van der Waals surface area contributed by atoms with Gasteiger partial charge < -0.3 is 10.1 Å². The first-order chi connectivity index (χ1) is 10.2. The molecule has 21 heavy (non-hydrogen) atoms. The molecule has 2 rings (SSSR count). The predicted molar refractivity (Wildman–Crippen MR) is 78.8 cm³/mol. The molecule has 0 saturated heterocycles. The fourth-order valence-electron chi connectivity index (χ4n) is 2.12. The maximum absolute atomic E-state index is 13.1. The molecule has 1 N–H and O–H groups in total. The van der Waals surface area contributed by atoms with E-state index in [2.05, 4.69) is 15.4 Å². The van der Waals surface area contributed by atoms with Crippen molar-refractivity contribution in [3.63, 3.8) is 0 Å². The number of aromatic nitrogens is 3. The highest BCUT2D eigenvalue weighted by molar-refractivity contribution is 6.31. The smallest absolute Gasteiger partial charge is 0.141 e. The summed E-state index contributed by atoms with van der Waals surface area (Å²) in [5, 5.41) is 8.11. The number of halogens is 2. The molecular formula is C14H18ClFN4O. The van der Waals surface area contributed by atoms with E-state index in [1.54, 1.807) is 24.1 Å². The second-order valence-corrected chi connectivity index (χ2v) is 4.89. The summed E-state index contributed by atoms with van der Waals surface area (Å²) in [4.78, 5) is 4.15. The minimum absolute atomic E-state index is 0.248. The van der Waals surface area contributed by atoms with Crippen LogP contribution in [0, 0.1) is 5.82 Å². The third kappa shape index (κ3) is 3.78. The lowest BCUT2D eigenvalue weighted by Crippen LogP contribution is -2.26. The standard InChI is InChI=1S/C14H18ClFN4O/c1-3-17-13(12-5-4-10(16)8-18-12)14-11(15)9-19-20(14)6-7-21-2/h4-5,8-9,13,17H,3,6-7H2,1-2H3. The lowest BCUT2D eigenvalue weighted by molar-refractivity contribution is 0.182. The van der Waals surface area contributed by atoms with Gasteiger partial charge in [0.2, 0.25) is 0 Å². The minimum Gasteiger partial charge on any atom is -0.383 e. The molecule has 0 aliphatic rings. The van der Waals surface area contributed by atoms with E-state index in [1.807, 2.05) is 6.92 Å². The van der Waals surface area contributed by atoms with Crippen LogP contribution in [0.3, 0.4) is 0 Å². The SMILES string of the molecule is CCNC(c1ccc(F)cn1)c1c(Cl)cnn1CCOC. The summed E-state index contributed by atoms with van der Waals surface area (Å²) in [5.41, 5.74) is 1.49. The Hall–Kier alpha value is -1.50. The molecule has 0 radical (unpaired) electrons. The molecule has 0 aromatic carbocycles. The Kier molecular flexibility index (Phi) is 5.67. The molecule has 1 unspecified atom stereocenters. The second kappa shape index (κ2) is 7.49. The zero-order valence-electron chi connectivity index (χ0n) is 12.0. The van der Waals surface area contributed by atoms with E-state index in [0.717, 1.165) is 12.2 Å². The van der Waals surface area contributed by atoms with Crippen LogP contribution in [0.2, 0.25) is 5.02 Å². The highest BCUT2D eigenvalue weighted by Crippen LogP contribution is 2.27. The Labute approximate surface area is 128 Å². The van der Waals surface area contributed by atoms with E-state index in [4.69, 9.17) is 16.3 Å². The topological polar surface area (TPSA) is 52.0 Å². The van der Waals surface area contributed by atoms with Crippen LogP contribution in [-0.2, 0) is 11.3 Å². The van der Waals surface area contributed by atoms with E-state index in [0.29, 0.717) is 23.9 Å². The fourth-order valence-corrected chi connectivity index (χ4v) is 2.37. The van der Waals surface area contributed by atoms with Crippen molar-refractivity contribution in [1.29, 1.82) is 0 Å². The summed E-state index contributed by atoms with van der Waals surface area (Å²) in [5.74, 6) is -0.368. The highest BCUT2D eigenvalue weighted by atomic mass is 35.5. The predicted octanol–water partition coefficient (Wildman–Crippen LogP) is 2.42. The van der Waals surface area contributed by atoms with Gasteiger partial charge in [0.25, 0.3) is 0 Å². The molecular weight excluding hydrogens is 295 g/mol. The van der Waals surface area contributed by atoms with Gasteiger partial charge in [-0.15, -0.1) is 0 Å². The monoisotopic (exact) mass is 312 g/mol. The highest BCUT2D eigenvalue weighted by Gasteiger charge is 2.22. The summed E-state index contributed by atoms with van der Waals surface area (Å²) < 4.78 is 19.9. The number of hydrogen-bond donors (Lipinski definition) is 1. The van der Waals surface area contributed by atoms with Gasteiger partial charge in [0.1, 0.15) is 5.82 Å². The van der Waals surface area contributed by atoms with Gasteiger partial charge in [-0.2, -0.15) is 5.10 Å². The molecule has 2 aromatic rings. The molecule has 0 bridgehead atoms. The second-order valence-electron chi connectivity index (χ2n) is 4.49. The summed E-state index contributed by atoms with van der Waals surface area (Å²) in [6.45, 7) is 3.82. The van der Waals surface area contributed by atoms with Crippen molar-refractivity contribution >= 4 is 11.6 Å². The molecule has 0 saturated carbocycles. The number of pyridine rings is 1. The Bertz CT molecular complexity index is 573. The zero-order chi connectivity index (χ0) is 15.2. The third-order valence-corrected chi connectivity index (χ3v) is 3.36. The normalized spacial score (nSPS) is 12.6. The van der Waals surface area contributed by atoms with Crippen molar-refractivity contribution < 1.29 is 9.13 Å².